The fourth-order valence-electron chi connectivity index (χ4n) is 10.9. The van der Waals surface area contributed by atoms with E-state index in [-0.39, 0.29) is 35.0 Å². The molecular formula is C41H55N3O7S. The number of anilines is 1. The third-order valence-electron chi connectivity index (χ3n) is 14.0. The fourth-order valence-corrected chi connectivity index (χ4v) is 11.9. The highest BCUT2D eigenvalue weighted by Crippen LogP contribution is 2.54. The van der Waals surface area contributed by atoms with Crippen LogP contribution in [0.2, 0.25) is 0 Å². The van der Waals surface area contributed by atoms with Gasteiger partial charge in [-0.2, -0.15) is 0 Å². The Morgan fingerprint density at radius 2 is 1.67 bits per heavy atom. The molecule has 11 heteroatoms. The maximum absolute atomic E-state index is 13.5. The van der Waals surface area contributed by atoms with Crippen LogP contribution in [0.1, 0.15) is 86.7 Å². The molecule has 2 aliphatic carbocycles. The zero-order valence-corrected chi connectivity index (χ0v) is 31.6. The van der Waals surface area contributed by atoms with Crippen molar-refractivity contribution in [1.29, 1.82) is 0 Å². The molecule has 4 fully saturated rings. The van der Waals surface area contributed by atoms with Crippen molar-refractivity contribution in [3.05, 3.63) is 59.2 Å². The molecule has 1 saturated carbocycles. The minimum absolute atomic E-state index is 0.0783. The van der Waals surface area contributed by atoms with Crippen molar-refractivity contribution < 1.29 is 32.2 Å². The van der Waals surface area contributed by atoms with Crippen LogP contribution in [0, 0.1) is 23.2 Å². The van der Waals surface area contributed by atoms with Gasteiger partial charge in [0, 0.05) is 47.5 Å². The molecule has 3 saturated heterocycles. The predicted octanol–water partition coefficient (Wildman–Crippen LogP) is 5.29. The SMILES string of the molecule is CC1(C)C2CCC2C(C2OCC(N3CC4(COC4)C3)CO2)CCCCCS(=O)(=O)NC(=O)c2ccc3c(c2)N1CC1(CCCc2ccccc21)CO3. The van der Waals surface area contributed by atoms with E-state index in [0.717, 1.165) is 95.7 Å². The van der Waals surface area contributed by atoms with Gasteiger partial charge in [0.2, 0.25) is 10.0 Å². The van der Waals surface area contributed by atoms with Gasteiger partial charge in [-0.05, 0) is 100.0 Å². The summed E-state index contributed by atoms with van der Waals surface area (Å²) in [5.74, 6) is 1.04. The van der Waals surface area contributed by atoms with Crippen molar-refractivity contribution in [2.24, 2.45) is 23.2 Å². The summed E-state index contributed by atoms with van der Waals surface area (Å²) in [6.45, 7) is 11.3. The second-order valence-electron chi connectivity index (χ2n) is 17.7. The first-order valence-electron chi connectivity index (χ1n) is 19.8. The van der Waals surface area contributed by atoms with Crippen molar-refractivity contribution in [3.63, 3.8) is 0 Å². The Morgan fingerprint density at radius 3 is 2.42 bits per heavy atom. The van der Waals surface area contributed by atoms with E-state index in [4.69, 9.17) is 18.9 Å². The van der Waals surface area contributed by atoms with E-state index in [0.29, 0.717) is 49.1 Å². The number of hydrogen-bond donors (Lipinski definition) is 1. The number of fused-ring (bicyclic) bond motifs is 4. The molecule has 5 aliphatic heterocycles. The highest BCUT2D eigenvalue weighted by Gasteiger charge is 2.55. The summed E-state index contributed by atoms with van der Waals surface area (Å²) in [5.41, 5.74) is 3.77. The molecular weight excluding hydrogens is 679 g/mol. The molecule has 2 aromatic carbocycles. The minimum Gasteiger partial charge on any atom is -0.490 e. The van der Waals surface area contributed by atoms with Crippen LogP contribution < -0.4 is 14.4 Å². The van der Waals surface area contributed by atoms with Crippen molar-refractivity contribution in [2.45, 2.75) is 94.9 Å². The lowest BCUT2D eigenvalue weighted by molar-refractivity contribution is -0.269. The van der Waals surface area contributed by atoms with Gasteiger partial charge < -0.3 is 23.8 Å². The molecule has 2 spiro atoms. The number of likely N-dealkylation sites (tertiary alicyclic amines) is 1. The van der Waals surface area contributed by atoms with Gasteiger partial charge in [0.15, 0.2) is 6.29 Å². The zero-order chi connectivity index (χ0) is 35.7. The minimum atomic E-state index is -3.79. The summed E-state index contributed by atoms with van der Waals surface area (Å²) >= 11 is 0. The average Bonchev–Trinajstić information content (AvgIpc) is 3.23. The van der Waals surface area contributed by atoms with E-state index in [9.17, 15) is 13.2 Å². The van der Waals surface area contributed by atoms with Crippen molar-refractivity contribution in [1.82, 2.24) is 9.62 Å². The molecule has 4 atom stereocenters. The average molecular weight is 734 g/mol. The Labute approximate surface area is 308 Å². The number of carbonyl (C=O) groups excluding carboxylic acids is 1. The number of nitrogens with zero attached hydrogens (tertiary/aromatic N) is 2. The van der Waals surface area contributed by atoms with Crippen LogP contribution in [0.3, 0.4) is 0 Å². The monoisotopic (exact) mass is 733 g/mol. The van der Waals surface area contributed by atoms with Crippen molar-refractivity contribution in [3.8, 4) is 5.75 Å². The third-order valence-corrected chi connectivity index (χ3v) is 15.3. The van der Waals surface area contributed by atoms with Gasteiger partial charge in [0.05, 0.1) is 50.5 Å². The van der Waals surface area contributed by atoms with Gasteiger partial charge in [0.25, 0.3) is 5.91 Å². The van der Waals surface area contributed by atoms with Crippen molar-refractivity contribution in [2.75, 3.05) is 63.3 Å². The Kier molecular flexibility index (Phi) is 8.93. The summed E-state index contributed by atoms with van der Waals surface area (Å²) < 4.78 is 54.2. The summed E-state index contributed by atoms with van der Waals surface area (Å²) in [5, 5.41) is 0. The summed E-state index contributed by atoms with van der Waals surface area (Å²) in [4.78, 5) is 18.5. The fraction of sp³-hybridized carbons (Fsp3) is 0.683. The maximum Gasteiger partial charge on any atom is 0.264 e. The van der Waals surface area contributed by atoms with Crippen LogP contribution in [0.15, 0.2) is 42.5 Å². The largest absolute Gasteiger partial charge is 0.490 e. The van der Waals surface area contributed by atoms with E-state index >= 15 is 0 Å². The van der Waals surface area contributed by atoms with Gasteiger partial charge in [-0.25, -0.2) is 13.1 Å². The number of ether oxygens (including phenoxy) is 4. The number of rotatable bonds is 2. The smallest absolute Gasteiger partial charge is 0.264 e. The number of carbonyl (C=O) groups is 1. The molecule has 10 nitrogen and oxygen atoms in total. The number of sulfonamides is 1. The zero-order valence-electron chi connectivity index (χ0n) is 30.8. The highest BCUT2D eigenvalue weighted by molar-refractivity contribution is 7.90. The van der Waals surface area contributed by atoms with E-state index in [2.05, 4.69) is 52.6 Å². The molecule has 9 rings (SSSR count). The first-order chi connectivity index (χ1) is 25.0. The number of aryl methyl sites for hydroxylation is 1. The standard InChI is InChI=1S/C41H55N3O7S/c1-39(2)34-15-14-31(34)32(38-49-20-30(21-50-38)43-22-40(23-43)25-48-26-40)11-4-3-7-18-52(46,47)42-37(45)29-13-16-36-35(19-29)44(39)24-41(27-51-36)17-8-10-28-9-5-6-12-33(28)41/h5-6,9,12-13,16,19,30-32,34,38H,3-4,7-8,10-11,14-15,17-18,20-27H2,1-2H3,(H,42,45). The number of amides is 1. The molecule has 52 heavy (non-hydrogen) atoms. The molecule has 2 aromatic rings. The molecule has 7 aliphatic rings. The molecule has 2 bridgehead atoms. The maximum atomic E-state index is 13.5. The van der Waals surface area contributed by atoms with Gasteiger partial charge in [-0.1, -0.05) is 37.1 Å². The summed E-state index contributed by atoms with van der Waals surface area (Å²) in [6.07, 6.45) is 8.20. The van der Waals surface area contributed by atoms with Gasteiger partial charge in [0.1, 0.15) is 5.75 Å². The normalized spacial score (nSPS) is 35.4. The van der Waals surface area contributed by atoms with Crippen LogP contribution in [-0.2, 0) is 36.1 Å². The Balaban J connectivity index is 1.05. The number of nitrogens with one attached hydrogen (secondary N) is 1. The Bertz CT molecular complexity index is 1780. The number of hydrogen-bond acceptors (Lipinski definition) is 9. The second kappa shape index (κ2) is 13.3. The number of benzene rings is 2. The van der Waals surface area contributed by atoms with E-state index in [1.807, 2.05) is 12.1 Å². The van der Waals surface area contributed by atoms with E-state index < -0.39 is 15.9 Å². The molecule has 5 heterocycles. The van der Waals surface area contributed by atoms with Crippen LogP contribution in [0.5, 0.6) is 5.75 Å². The van der Waals surface area contributed by atoms with Crippen molar-refractivity contribution >= 4 is 21.6 Å². The summed E-state index contributed by atoms with van der Waals surface area (Å²) in [6, 6.07) is 14.6. The van der Waals surface area contributed by atoms with Gasteiger partial charge >= 0.3 is 0 Å². The predicted molar refractivity (Wildman–Crippen MR) is 198 cm³/mol. The van der Waals surface area contributed by atoms with E-state index in [1.54, 1.807) is 6.07 Å². The molecule has 282 valence electrons. The molecule has 1 amide bonds. The lowest BCUT2D eigenvalue weighted by atomic mass is 9.58. The second-order valence-corrected chi connectivity index (χ2v) is 19.5. The summed E-state index contributed by atoms with van der Waals surface area (Å²) in [7, 11) is -3.79. The van der Waals surface area contributed by atoms with Crippen LogP contribution in [-0.4, -0.2) is 95.5 Å². The van der Waals surface area contributed by atoms with Crippen LogP contribution >= 0.6 is 0 Å². The topological polar surface area (TPSA) is 107 Å². The van der Waals surface area contributed by atoms with Crippen LogP contribution in [0.4, 0.5) is 5.69 Å². The lowest BCUT2D eigenvalue weighted by Crippen LogP contribution is -2.70. The van der Waals surface area contributed by atoms with Gasteiger partial charge in [-0.15, -0.1) is 0 Å². The molecule has 4 unspecified atom stereocenters. The van der Waals surface area contributed by atoms with Crippen LogP contribution in [0.25, 0.3) is 0 Å². The first kappa shape index (κ1) is 35.0. The van der Waals surface area contributed by atoms with E-state index in [1.165, 1.54) is 11.1 Å². The van der Waals surface area contributed by atoms with Gasteiger partial charge in [-0.3, -0.25) is 9.69 Å². The molecule has 0 aromatic heterocycles. The lowest BCUT2D eigenvalue weighted by Gasteiger charge is -2.59. The third kappa shape index (κ3) is 6.16. The highest BCUT2D eigenvalue weighted by atomic mass is 32.2. The first-order valence-corrected chi connectivity index (χ1v) is 21.4. The molecule has 1 N–H and O–H groups in total. The quantitative estimate of drug-likeness (QED) is 0.441. The Morgan fingerprint density at radius 1 is 0.865 bits per heavy atom. The molecule has 0 radical (unpaired) electrons. The Hall–Kier alpha value is -2.70.